The number of nitrogens with two attached hydrogens (primary N) is 1. The van der Waals surface area contributed by atoms with Crippen molar-refractivity contribution in [2.24, 2.45) is 5.92 Å². The Labute approximate surface area is 219 Å². The smallest absolute Gasteiger partial charge is 0.251 e. The number of fused-ring (bicyclic) bond motifs is 1. The molecule has 1 unspecified atom stereocenters. The molecule has 0 bridgehead atoms. The fraction of sp³-hybridized carbons (Fsp3) is 0.379. The molecule has 6 rings (SSSR count). The predicted molar refractivity (Wildman–Crippen MR) is 142 cm³/mol. The number of nitrogens with one attached hydrogen (secondary N) is 1. The van der Waals surface area contributed by atoms with Crippen molar-refractivity contribution in [2.45, 2.75) is 25.2 Å². The number of carbonyl (C=O) groups is 1. The predicted octanol–water partition coefficient (Wildman–Crippen LogP) is 4.59. The Kier molecular flexibility index (Phi) is 6.26. The third-order valence-corrected chi connectivity index (χ3v) is 8.01. The second kappa shape index (κ2) is 9.62. The minimum absolute atomic E-state index is 0.0387. The average Bonchev–Trinajstić information content (AvgIpc) is 3.54. The fourth-order valence-electron chi connectivity index (χ4n) is 5.54. The first-order valence-electron chi connectivity index (χ1n) is 13.1. The number of alkyl halides is 2. The second-order valence-electron chi connectivity index (χ2n) is 10.5. The van der Waals surface area contributed by atoms with Gasteiger partial charge in [-0.2, -0.15) is 4.39 Å². The number of anilines is 2. The molecule has 3 aromatic rings. The van der Waals surface area contributed by atoms with Gasteiger partial charge >= 0.3 is 0 Å². The molecule has 9 heteroatoms. The van der Waals surface area contributed by atoms with Crippen LogP contribution in [0.15, 0.2) is 48.5 Å². The molecule has 1 saturated carbocycles. The quantitative estimate of drug-likeness (QED) is 0.464. The van der Waals surface area contributed by atoms with Gasteiger partial charge in [0.15, 0.2) is 0 Å². The van der Waals surface area contributed by atoms with Crippen molar-refractivity contribution in [3.8, 4) is 22.3 Å². The van der Waals surface area contributed by atoms with E-state index in [-0.39, 0.29) is 18.1 Å². The van der Waals surface area contributed by atoms with Crippen LogP contribution in [0, 0.1) is 11.9 Å². The highest BCUT2D eigenvalue weighted by Crippen LogP contribution is 2.50. The van der Waals surface area contributed by atoms with Gasteiger partial charge in [-0.25, -0.2) is 13.8 Å². The van der Waals surface area contributed by atoms with Gasteiger partial charge < -0.3 is 16.0 Å². The van der Waals surface area contributed by atoms with Crippen molar-refractivity contribution in [3.05, 3.63) is 65.6 Å². The first kappa shape index (κ1) is 24.7. The molecule has 2 fully saturated rings. The van der Waals surface area contributed by atoms with Crippen molar-refractivity contribution >= 4 is 17.4 Å². The highest BCUT2D eigenvalue weighted by atomic mass is 19.3. The number of nitrogens with zero attached hydrogens (tertiary/aromatic N) is 3. The normalized spacial score (nSPS) is 20.7. The van der Waals surface area contributed by atoms with Crippen LogP contribution in [0.1, 0.15) is 28.8 Å². The number of hydrogen-bond acceptors (Lipinski definition) is 5. The van der Waals surface area contributed by atoms with E-state index in [1.165, 1.54) is 0 Å². The standard InChI is InChI=1S/C29H30F3N5O/c30-26-24(16-25(27(33)35-26)19-3-6-23-20(15-19)7-9-34-28(23)38)18-1-4-22(5-2-18)37-13-11-36(12-14-37)10-8-21-17-29(21,31)32/h1-6,15-16,21H,7-14,17H2,(H2,33,35)(H,34,38). The Hall–Kier alpha value is -3.59. The molecule has 1 aromatic heterocycles. The number of aromatic nitrogens is 1. The van der Waals surface area contributed by atoms with E-state index >= 15 is 0 Å². The zero-order valence-corrected chi connectivity index (χ0v) is 21.0. The maximum atomic E-state index is 14.9. The summed E-state index contributed by atoms with van der Waals surface area (Å²) in [5, 5.41) is 2.84. The van der Waals surface area contributed by atoms with E-state index < -0.39 is 17.8 Å². The van der Waals surface area contributed by atoms with E-state index in [4.69, 9.17) is 5.73 Å². The fourth-order valence-corrected chi connectivity index (χ4v) is 5.54. The van der Waals surface area contributed by atoms with Gasteiger partial charge in [-0.1, -0.05) is 24.3 Å². The van der Waals surface area contributed by atoms with Crippen LogP contribution in [0.2, 0.25) is 0 Å². The lowest BCUT2D eigenvalue weighted by Crippen LogP contribution is -2.46. The number of rotatable bonds is 6. The molecule has 2 aliphatic heterocycles. The van der Waals surface area contributed by atoms with Gasteiger partial charge in [-0.3, -0.25) is 9.69 Å². The van der Waals surface area contributed by atoms with Crippen LogP contribution in [0.5, 0.6) is 0 Å². The monoisotopic (exact) mass is 521 g/mol. The lowest BCUT2D eigenvalue weighted by molar-refractivity contribution is 0.0930. The van der Waals surface area contributed by atoms with Gasteiger partial charge in [0.2, 0.25) is 5.95 Å². The lowest BCUT2D eigenvalue weighted by atomic mass is 9.94. The van der Waals surface area contributed by atoms with E-state index in [0.717, 1.165) is 56.0 Å². The summed E-state index contributed by atoms with van der Waals surface area (Å²) in [5.74, 6) is -3.50. The first-order valence-corrected chi connectivity index (χ1v) is 13.1. The van der Waals surface area contributed by atoms with Crippen molar-refractivity contribution in [2.75, 3.05) is 49.9 Å². The third-order valence-electron chi connectivity index (χ3n) is 8.01. The minimum Gasteiger partial charge on any atom is -0.383 e. The maximum absolute atomic E-state index is 14.9. The number of carbonyl (C=O) groups excluding carboxylic acids is 1. The molecular weight excluding hydrogens is 491 g/mol. The lowest BCUT2D eigenvalue weighted by Gasteiger charge is -2.36. The van der Waals surface area contributed by atoms with E-state index in [2.05, 4.69) is 20.1 Å². The molecule has 0 radical (unpaired) electrons. The van der Waals surface area contributed by atoms with Gasteiger partial charge in [-0.15, -0.1) is 0 Å². The van der Waals surface area contributed by atoms with Gasteiger partial charge in [-0.05, 0) is 60.3 Å². The third kappa shape index (κ3) is 4.82. The highest BCUT2D eigenvalue weighted by Gasteiger charge is 2.56. The summed E-state index contributed by atoms with van der Waals surface area (Å²) in [6.45, 7) is 4.61. The van der Waals surface area contributed by atoms with Gasteiger partial charge in [0.1, 0.15) is 5.82 Å². The van der Waals surface area contributed by atoms with Gasteiger partial charge in [0, 0.05) is 67.4 Å². The van der Waals surface area contributed by atoms with Crippen molar-refractivity contribution in [1.29, 1.82) is 0 Å². The summed E-state index contributed by atoms with van der Waals surface area (Å²) in [6, 6.07) is 15.0. The molecule has 3 heterocycles. The number of piperazine rings is 1. The average molecular weight is 522 g/mol. The van der Waals surface area contributed by atoms with Crippen LogP contribution in [0.3, 0.4) is 0 Å². The SMILES string of the molecule is Nc1nc(F)c(-c2ccc(N3CCN(CCC4CC4(F)F)CC3)cc2)cc1-c1ccc2c(c1)CCNC2=O. The largest absolute Gasteiger partial charge is 0.383 e. The van der Waals surface area contributed by atoms with Crippen LogP contribution in [0.25, 0.3) is 22.3 Å². The Morgan fingerprint density at radius 2 is 1.68 bits per heavy atom. The van der Waals surface area contributed by atoms with E-state index in [1.54, 1.807) is 12.1 Å². The number of hydrogen-bond donors (Lipinski definition) is 2. The minimum atomic E-state index is -2.44. The van der Waals surface area contributed by atoms with Crippen LogP contribution >= 0.6 is 0 Å². The Morgan fingerprint density at radius 1 is 0.974 bits per heavy atom. The Balaban J connectivity index is 1.16. The number of benzene rings is 2. The van der Waals surface area contributed by atoms with Crippen molar-refractivity contribution in [3.63, 3.8) is 0 Å². The summed E-state index contributed by atoms with van der Waals surface area (Å²) >= 11 is 0. The van der Waals surface area contributed by atoms with Crippen molar-refractivity contribution < 1.29 is 18.0 Å². The molecule has 6 nitrogen and oxygen atoms in total. The van der Waals surface area contributed by atoms with Crippen LogP contribution in [-0.4, -0.2) is 61.0 Å². The Morgan fingerprint density at radius 3 is 2.39 bits per heavy atom. The molecule has 3 aliphatic rings. The van der Waals surface area contributed by atoms with E-state index in [1.807, 2.05) is 36.4 Å². The molecule has 1 aliphatic carbocycles. The number of pyridine rings is 1. The van der Waals surface area contributed by atoms with Gasteiger partial charge in [0.25, 0.3) is 11.8 Å². The highest BCUT2D eigenvalue weighted by molar-refractivity contribution is 5.97. The molecule has 1 amide bonds. The summed E-state index contributed by atoms with van der Waals surface area (Å²) in [5.41, 5.74) is 11.2. The number of nitrogen functional groups attached to an aromatic ring is 1. The molecular formula is C29H30F3N5O. The molecule has 1 atom stereocenters. The Bertz CT molecular complexity index is 1370. The first-order chi connectivity index (χ1) is 18.3. The van der Waals surface area contributed by atoms with Gasteiger partial charge in [0.05, 0.1) is 0 Å². The summed E-state index contributed by atoms with van der Waals surface area (Å²) < 4.78 is 41.2. The number of halogens is 3. The summed E-state index contributed by atoms with van der Waals surface area (Å²) in [6.07, 6.45) is 1.32. The number of amides is 1. The van der Waals surface area contributed by atoms with Crippen molar-refractivity contribution in [1.82, 2.24) is 15.2 Å². The van der Waals surface area contributed by atoms with E-state index in [9.17, 15) is 18.0 Å². The zero-order valence-electron chi connectivity index (χ0n) is 21.0. The topological polar surface area (TPSA) is 74.5 Å². The van der Waals surface area contributed by atoms with Crippen LogP contribution in [0.4, 0.5) is 24.7 Å². The van der Waals surface area contributed by atoms with Crippen LogP contribution in [-0.2, 0) is 6.42 Å². The molecule has 38 heavy (non-hydrogen) atoms. The summed E-state index contributed by atoms with van der Waals surface area (Å²) in [4.78, 5) is 20.6. The molecule has 2 aromatic carbocycles. The second-order valence-corrected chi connectivity index (χ2v) is 10.5. The molecule has 198 valence electrons. The van der Waals surface area contributed by atoms with Crippen LogP contribution < -0.4 is 16.0 Å². The molecule has 3 N–H and O–H groups in total. The van der Waals surface area contributed by atoms with E-state index in [0.29, 0.717) is 35.2 Å². The molecule has 1 saturated heterocycles. The zero-order chi connectivity index (χ0) is 26.4. The molecule has 0 spiro atoms. The summed E-state index contributed by atoms with van der Waals surface area (Å²) in [7, 11) is 0. The maximum Gasteiger partial charge on any atom is 0.251 e.